The van der Waals surface area contributed by atoms with Crippen molar-refractivity contribution in [1.82, 2.24) is 20.1 Å². The molecule has 1 N–H and O–H groups in total. The van der Waals surface area contributed by atoms with Crippen molar-refractivity contribution in [2.24, 2.45) is 0 Å². The largest absolute Gasteiger partial charge is 0.494 e. The molecule has 9 heteroatoms. The maximum absolute atomic E-state index is 14.7. The van der Waals surface area contributed by atoms with Gasteiger partial charge in [0.2, 0.25) is 0 Å². The molecule has 0 spiro atoms. The Labute approximate surface area is 280 Å². The van der Waals surface area contributed by atoms with Crippen LogP contribution in [0.5, 0.6) is 5.75 Å². The lowest BCUT2D eigenvalue weighted by Gasteiger charge is -2.40. The van der Waals surface area contributed by atoms with Gasteiger partial charge >= 0.3 is 6.18 Å². The second kappa shape index (κ2) is 13.5. The molecule has 3 fully saturated rings. The van der Waals surface area contributed by atoms with Crippen LogP contribution in [0.2, 0.25) is 0 Å². The van der Waals surface area contributed by atoms with E-state index in [1.165, 1.54) is 25.3 Å². The predicted molar refractivity (Wildman–Crippen MR) is 182 cm³/mol. The molecule has 3 aromatic carbocycles. The van der Waals surface area contributed by atoms with Crippen LogP contribution >= 0.6 is 0 Å². The molecule has 7 rings (SSSR count). The summed E-state index contributed by atoms with van der Waals surface area (Å²) in [5, 5.41) is 4.03. The Morgan fingerprint density at radius 2 is 1.69 bits per heavy atom. The molecule has 4 aromatic rings. The third kappa shape index (κ3) is 6.80. The molecule has 1 saturated carbocycles. The van der Waals surface area contributed by atoms with E-state index in [0.717, 1.165) is 69.6 Å². The summed E-state index contributed by atoms with van der Waals surface area (Å²) < 4.78 is 47.7. The quantitative estimate of drug-likeness (QED) is 0.197. The number of hydrogen-bond donors (Lipinski definition) is 1. The van der Waals surface area contributed by atoms with Gasteiger partial charge in [0.1, 0.15) is 5.75 Å². The molecule has 3 aliphatic rings. The van der Waals surface area contributed by atoms with Gasteiger partial charge in [-0.2, -0.15) is 13.2 Å². The van der Waals surface area contributed by atoms with Gasteiger partial charge in [-0.25, -0.2) is 4.98 Å². The SMILES string of the molecule is CCOc1ccc2c(C(=O)NC3(c4ccccc4)CC3)c(CN3CCC(N4CCCCC4)CC3)c(-c3cccc(C(F)(F)F)c3)nc2c1. The number of carbonyl (C=O) groups excluding carboxylic acids is 1. The van der Waals surface area contributed by atoms with E-state index in [9.17, 15) is 18.0 Å². The molecule has 0 bridgehead atoms. The van der Waals surface area contributed by atoms with Crippen molar-refractivity contribution in [3.05, 3.63) is 95.1 Å². The Morgan fingerprint density at radius 3 is 2.38 bits per heavy atom. The van der Waals surface area contributed by atoms with Crippen molar-refractivity contribution in [2.45, 2.75) is 76.2 Å². The molecule has 1 aliphatic carbocycles. The second-order valence-electron chi connectivity index (χ2n) is 13.5. The molecule has 1 amide bonds. The lowest BCUT2D eigenvalue weighted by molar-refractivity contribution is -0.137. The normalized spacial score (nSPS) is 18.9. The summed E-state index contributed by atoms with van der Waals surface area (Å²) in [6.07, 6.45) is 2.96. The number of carbonyl (C=O) groups is 1. The van der Waals surface area contributed by atoms with Crippen LogP contribution in [0.15, 0.2) is 72.8 Å². The molecule has 0 atom stereocenters. The number of benzene rings is 3. The summed E-state index contributed by atoms with van der Waals surface area (Å²) in [4.78, 5) is 24.6. The van der Waals surface area contributed by atoms with Crippen LogP contribution in [0, 0.1) is 0 Å². The minimum absolute atomic E-state index is 0.237. The summed E-state index contributed by atoms with van der Waals surface area (Å²) in [5.74, 6) is 0.355. The van der Waals surface area contributed by atoms with E-state index in [0.29, 0.717) is 58.2 Å². The number of fused-ring (bicyclic) bond motifs is 1. The first-order valence-electron chi connectivity index (χ1n) is 17.4. The van der Waals surface area contributed by atoms with Crippen LogP contribution in [-0.4, -0.2) is 59.5 Å². The van der Waals surface area contributed by atoms with Crippen LogP contribution in [0.4, 0.5) is 13.2 Å². The molecular weight excluding hydrogens is 613 g/mol. The molecule has 1 aromatic heterocycles. The number of halogens is 3. The first-order valence-corrected chi connectivity index (χ1v) is 17.4. The summed E-state index contributed by atoms with van der Waals surface area (Å²) in [6.45, 7) is 6.74. The summed E-state index contributed by atoms with van der Waals surface area (Å²) >= 11 is 0. The van der Waals surface area contributed by atoms with Gasteiger partial charge in [0.15, 0.2) is 0 Å². The van der Waals surface area contributed by atoms with Crippen molar-refractivity contribution >= 4 is 16.8 Å². The highest BCUT2D eigenvalue weighted by Crippen LogP contribution is 2.46. The van der Waals surface area contributed by atoms with Gasteiger partial charge in [-0.05, 0) is 101 Å². The number of aromatic nitrogens is 1. The van der Waals surface area contributed by atoms with Crippen molar-refractivity contribution in [3.63, 3.8) is 0 Å². The van der Waals surface area contributed by atoms with Gasteiger partial charge in [0, 0.05) is 35.2 Å². The minimum atomic E-state index is -4.51. The molecule has 2 aliphatic heterocycles. The van der Waals surface area contributed by atoms with Gasteiger partial charge in [0.05, 0.1) is 34.5 Å². The van der Waals surface area contributed by atoms with Crippen LogP contribution in [0.1, 0.15) is 78.9 Å². The number of nitrogens with zero attached hydrogens (tertiary/aromatic N) is 3. The number of ether oxygens (including phenoxy) is 1. The van der Waals surface area contributed by atoms with Gasteiger partial charge in [-0.15, -0.1) is 0 Å². The average molecular weight is 657 g/mol. The molecule has 48 heavy (non-hydrogen) atoms. The van der Waals surface area contributed by atoms with E-state index >= 15 is 0 Å². The van der Waals surface area contributed by atoms with E-state index in [4.69, 9.17) is 9.72 Å². The number of piperidine rings is 2. The fourth-order valence-electron chi connectivity index (χ4n) is 7.63. The Hall–Kier alpha value is -3.95. The monoisotopic (exact) mass is 656 g/mol. The number of alkyl halides is 3. The minimum Gasteiger partial charge on any atom is -0.494 e. The molecule has 3 heterocycles. The van der Waals surface area contributed by atoms with Gasteiger partial charge in [0.25, 0.3) is 5.91 Å². The molecule has 2 saturated heterocycles. The Kier molecular flexibility index (Phi) is 9.18. The fourth-order valence-corrected chi connectivity index (χ4v) is 7.63. The smallest absolute Gasteiger partial charge is 0.416 e. The second-order valence-corrected chi connectivity index (χ2v) is 13.5. The molecule has 0 unspecified atom stereocenters. The highest BCUT2D eigenvalue weighted by atomic mass is 19.4. The first-order chi connectivity index (χ1) is 23.2. The summed E-state index contributed by atoms with van der Waals surface area (Å²) in [6, 6.07) is 21.3. The highest BCUT2D eigenvalue weighted by molar-refractivity contribution is 6.09. The van der Waals surface area contributed by atoms with Crippen molar-refractivity contribution in [1.29, 1.82) is 0 Å². The van der Waals surface area contributed by atoms with E-state index in [-0.39, 0.29) is 5.91 Å². The third-order valence-corrected chi connectivity index (χ3v) is 10.3. The number of likely N-dealkylation sites (tertiary alicyclic amines) is 2. The maximum Gasteiger partial charge on any atom is 0.416 e. The van der Waals surface area contributed by atoms with Crippen molar-refractivity contribution in [3.8, 4) is 17.0 Å². The number of nitrogens with one attached hydrogen (secondary N) is 1. The van der Waals surface area contributed by atoms with Gasteiger partial charge < -0.3 is 15.0 Å². The van der Waals surface area contributed by atoms with Crippen LogP contribution in [0.25, 0.3) is 22.2 Å². The van der Waals surface area contributed by atoms with Gasteiger partial charge in [-0.3, -0.25) is 9.69 Å². The molecule has 252 valence electrons. The van der Waals surface area contributed by atoms with Crippen LogP contribution in [-0.2, 0) is 18.3 Å². The Bertz CT molecular complexity index is 1760. The van der Waals surface area contributed by atoms with E-state index < -0.39 is 17.3 Å². The average Bonchev–Trinajstić information content (AvgIpc) is 3.89. The fraction of sp³-hybridized carbons (Fsp3) is 0.436. The number of rotatable bonds is 9. The van der Waals surface area contributed by atoms with Crippen LogP contribution in [0.3, 0.4) is 0 Å². The zero-order valence-corrected chi connectivity index (χ0v) is 27.5. The third-order valence-electron chi connectivity index (χ3n) is 10.3. The van der Waals surface area contributed by atoms with Gasteiger partial charge in [-0.1, -0.05) is 48.9 Å². The van der Waals surface area contributed by atoms with Crippen LogP contribution < -0.4 is 10.1 Å². The lowest BCUT2D eigenvalue weighted by atomic mass is 9.93. The zero-order chi connectivity index (χ0) is 33.3. The molecule has 6 nitrogen and oxygen atoms in total. The lowest BCUT2D eigenvalue weighted by Crippen LogP contribution is -2.46. The standard InChI is InChI=1S/C39H43F3N4O2/c1-2-48-31-14-15-32-34(25-31)43-36(27-10-9-13-29(24-27)39(40,41)42)33(26-45-22-16-30(17-23-45)46-20-7-4-8-21-46)35(32)37(47)44-38(18-19-38)28-11-5-3-6-12-28/h3,5-6,9-15,24-25,30H,2,4,7-8,16-23,26H2,1H3,(H,44,47). The van der Waals surface area contributed by atoms with E-state index in [1.54, 1.807) is 12.1 Å². The first kappa shape index (κ1) is 32.6. The van der Waals surface area contributed by atoms with E-state index in [1.807, 2.05) is 49.4 Å². The maximum atomic E-state index is 14.7. The summed E-state index contributed by atoms with van der Waals surface area (Å²) in [7, 11) is 0. The van der Waals surface area contributed by atoms with Crippen molar-refractivity contribution < 1.29 is 22.7 Å². The highest BCUT2D eigenvalue weighted by Gasteiger charge is 2.46. The predicted octanol–water partition coefficient (Wildman–Crippen LogP) is 8.19. The summed E-state index contributed by atoms with van der Waals surface area (Å²) in [5.41, 5.74) is 2.20. The number of pyridine rings is 1. The zero-order valence-electron chi connectivity index (χ0n) is 27.5. The van der Waals surface area contributed by atoms with Crippen molar-refractivity contribution in [2.75, 3.05) is 32.8 Å². The Morgan fingerprint density at radius 1 is 0.938 bits per heavy atom. The topological polar surface area (TPSA) is 57.7 Å². The molecule has 0 radical (unpaired) electrons. The van der Waals surface area contributed by atoms with E-state index in [2.05, 4.69) is 15.1 Å². The number of amides is 1. The number of hydrogen-bond acceptors (Lipinski definition) is 5. The Balaban J connectivity index is 1.33. The molecular formula is C39H43F3N4O2.